The molecule has 0 bridgehead atoms. The van der Waals surface area contributed by atoms with E-state index in [9.17, 15) is 4.79 Å². The van der Waals surface area contributed by atoms with Gasteiger partial charge < -0.3 is 5.32 Å². The molecule has 0 radical (unpaired) electrons. The van der Waals surface area contributed by atoms with Crippen LogP contribution in [0.3, 0.4) is 0 Å². The summed E-state index contributed by atoms with van der Waals surface area (Å²) in [4.78, 5) is 18.0. The number of carbonyl (C=O) groups excluding carboxylic acids is 1. The number of amides is 1. The summed E-state index contributed by atoms with van der Waals surface area (Å²) in [5.41, 5.74) is 7.49. The Bertz CT molecular complexity index is 1180. The van der Waals surface area contributed by atoms with E-state index in [1.807, 2.05) is 74.5 Å². The van der Waals surface area contributed by atoms with Crippen molar-refractivity contribution in [1.29, 1.82) is 0 Å². The first kappa shape index (κ1) is 17.9. The minimum atomic E-state index is -0.124. The van der Waals surface area contributed by atoms with Crippen LogP contribution in [0.4, 0.5) is 5.69 Å². The lowest BCUT2D eigenvalue weighted by molar-refractivity contribution is 0.102. The van der Waals surface area contributed by atoms with Gasteiger partial charge in [-0.05, 0) is 50.1 Å². The maximum Gasteiger partial charge on any atom is 0.256 e. The van der Waals surface area contributed by atoms with Gasteiger partial charge in [-0.2, -0.15) is 0 Å². The molecule has 0 atom stereocenters. The summed E-state index contributed by atoms with van der Waals surface area (Å²) in [5, 5.41) is 3.93. The molecule has 4 rings (SSSR count). The van der Waals surface area contributed by atoms with Crippen LogP contribution >= 0.6 is 0 Å². The summed E-state index contributed by atoms with van der Waals surface area (Å²) in [6, 6.07) is 23.8. The molecule has 0 aliphatic heterocycles. The fourth-order valence-corrected chi connectivity index (χ4v) is 3.31. The van der Waals surface area contributed by atoms with Crippen molar-refractivity contribution in [1.82, 2.24) is 4.98 Å². The lowest BCUT2D eigenvalue weighted by atomic mass is 10.0. The first-order valence-electron chi connectivity index (χ1n) is 9.37. The second-order valence-electron chi connectivity index (χ2n) is 7.14. The Labute approximate surface area is 165 Å². The Hall–Kier alpha value is -3.46. The van der Waals surface area contributed by atoms with Gasteiger partial charge in [0.2, 0.25) is 0 Å². The van der Waals surface area contributed by atoms with Gasteiger partial charge in [-0.1, -0.05) is 60.2 Å². The predicted octanol–water partition coefficient (Wildman–Crippen LogP) is 6.08. The average Bonchev–Trinajstić information content (AvgIpc) is 2.71. The molecule has 0 saturated carbocycles. The molecule has 1 N–H and O–H groups in total. The molecule has 138 valence electrons. The lowest BCUT2D eigenvalue weighted by Crippen LogP contribution is -2.14. The number of aryl methyl sites for hydroxylation is 2. The molecule has 0 aliphatic rings. The van der Waals surface area contributed by atoms with Crippen molar-refractivity contribution in [3.05, 3.63) is 95.1 Å². The highest BCUT2D eigenvalue weighted by atomic mass is 16.1. The number of nitrogens with zero attached hydrogens (tertiary/aromatic N) is 1. The van der Waals surface area contributed by atoms with Crippen molar-refractivity contribution in [2.45, 2.75) is 20.8 Å². The molecule has 3 heteroatoms. The number of para-hydroxylation sites is 1. The van der Waals surface area contributed by atoms with E-state index >= 15 is 0 Å². The van der Waals surface area contributed by atoms with Gasteiger partial charge in [-0.3, -0.25) is 4.79 Å². The highest BCUT2D eigenvalue weighted by Gasteiger charge is 2.15. The SMILES string of the molecule is Cc1ccc(-c2cc(C(=O)Nc3cccc(C)c3C)c3ccccc3n2)cc1. The average molecular weight is 366 g/mol. The van der Waals surface area contributed by atoms with Gasteiger partial charge in [0, 0.05) is 16.6 Å². The largest absolute Gasteiger partial charge is 0.322 e. The van der Waals surface area contributed by atoms with Gasteiger partial charge in [0.1, 0.15) is 0 Å². The van der Waals surface area contributed by atoms with Crippen LogP contribution in [0.15, 0.2) is 72.8 Å². The number of hydrogen-bond acceptors (Lipinski definition) is 2. The first-order chi connectivity index (χ1) is 13.5. The zero-order valence-electron chi connectivity index (χ0n) is 16.3. The number of benzene rings is 3. The van der Waals surface area contributed by atoms with E-state index in [4.69, 9.17) is 4.98 Å². The van der Waals surface area contributed by atoms with Gasteiger partial charge >= 0.3 is 0 Å². The molecule has 1 amide bonds. The minimum absolute atomic E-state index is 0.124. The number of anilines is 1. The Morgan fingerprint density at radius 2 is 1.61 bits per heavy atom. The third-order valence-electron chi connectivity index (χ3n) is 5.16. The molecule has 0 unspecified atom stereocenters. The zero-order valence-corrected chi connectivity index (χ0v) is 16.3. The van der Waals surface area contributed by atoms with Crippen LogP contribution in [0.5, 0.6) is 0 Å². The van der Waals surface area contributed by atoms with E-state index in [0.717, 1.165) is 39.0 Å². The van der Waals surface area contributed by atoms with Gasteiger partial charge in [0.25, 0.3) is 5.91 Å². The summed E-state index contributed by atoms with van der Waals surface area (Å²) >= 11 is 0. The van der Waals surface area contributed by atoms with Gasteiger partial charge in [0.05, 0.1) is 16.8 Å². The lowest BCUT2D eigenvalue weighted by Gasteiger charge is -2.13. The third-order valence-corrected chi connectivity index (χ3v) is 5.16. The molecule has 4 aromatic rings. The number of carbonyl (C=O) groups is 1. The highest BCUT2D eigenvalue weighted by molar-refractivity contribution is 6.13. The highest BCUT2D eigenvalue weighted by Crippen LogP contribution is 2.27. The molecule has 0 saturated heterocycles. The summed E-state index contributed by atoms with van der Waals surface area (Å²) < 4.78 is 0. The maximum atomic E-state index is 13.2. The maximum absolute atomic E-state index is 13.2. The molecule has 1 heterocycles. The zero-order chi connectivity index (χ0) is 19.7. The van der Waals surface area contributed by atoms with Crippen LogP contribution in [0, 0.1) is 20.8 Å². The number of pyridine rings is 1. The number of fused-ring (bicyclic) bond motifs is 1. The molecule has 0 aliphatic carbocycles. The molecule has 1 aromatic heterocycles. The summed E-state index contributed by atoms with van der Waals surface area (Å²) in [6.07, 6.45) is 0. The minimum Gasteiger partial charge on any atom is -0.322 e. The second kappa shape index (κ2) is 7.28. The fourth-order valence-electron chi connectivity index (χ4n) is 3.31. The quantitative estimate of drug-likeness (QED) is 0.477. The summed E-state index contributed by atoms with van der Waals surface area (Å²) in [5.74, 6) is -0.124. The van der Waals surface area contributed by atoms with Crippen LogP contribution < -0.4 is 5.32 Å². The third kappa shape index (κ3) is 3.39. The van der Waals surface area contributed by atoms with Crippen molar-refractivity contribution in [3.8, 4) is 11.3 Å². The summed E-state index contributed by atoms with van der Waals surface area (Å²) in [6.45, 7) is 6.12. The van der Waals surface area contributed by atoms with Crippen LogP contribution in [0.25, 0.3) is 22.2 Å². The summed E-state index contributed by atoms with van der Waals surface area (Å²) in [7, 11) is 0. The normalized spacial score (nSPS) is 10.8. The topological polar surface area (TPSA) is 42.0 Å². The number of hydrogen-bond donors (Lipinski definition) is 1. The predicted molar refractivity (Wildman–Crippen MR) is 116 cm³/mol. The van der Waals surface area contributed by atoms with E-state index < -0.39 is 0 Å². The smallest absolute Gasteiger partial charge is 0.256 e. The Kier molecular flexibility index (Phi) is 4.66. The van der Waals surface area contributed by atoms with Crippen LogP contribution in [-0.2, 0) is 0 Å². The Morgan fingerprint density at radius 1 is 0.857 bits per heavy atom. The monoisotopic (exact) mass is 366 g/mol. The van der Waals surface area contributed by atoms with Crippen LogP contribution in [-0.4, -0.2) is 10.9 Å². The molecule has 0 fully saturated rings. The van der Waals surface area contributed by atoms with E-state index in [1.165, 1.54) is 5.56 Å². The first-order valence-corrected chi connectivity index (χ1v) is 9.37. The molecule has 3 nitrogen and oxygen atoms in total. The van der Waals surface area contributed by atoms with Gasteiger partial charge in [-0.25, -0.2) is 4.98 Å². The van der Waals surface area contributed by atoms with Crippen LogP contribution in [0.2, 0.25) is 0 Å². The van der Waals surface area contributed by atoms with E-state index in [2.05, 4.69) is 24.4 Å². The van der Waals surface area contributed by atoms with E-state index in [1.54, 1.807) is 0 Å². The van der Waals surface area contributed by atoms with Gasteiger partial charge in [0.15, 0.2) is 0 Å². The molecular formula is C25H22N2O. The van der Waals surface area contributed by atoms with Crippen molar-refractivity contribution in [2.24, 2.45) is 0 Å². The second-order valence-corrected chi connectivity index (χ2v) is 7.14. The fraction of sp³-hybridized carbons (Fsp3) is 0.120. The van der Waals surface area contributed by atoms with Crippen molar-refractivity contribution < 1.29 is 4.79 Å². The standard InChI is InChI=1S/C25H22N2O/c1-16-11-13-19(14-12-16)24-15-21(20-8-4-5-9-23(20)26-24)25(28)27-22-10-6-7-17(2)18(22)3/h4-15H,1-3H3,(H,27,28). The number of aromatic nitrogens is 1. The van der Waals surface area contributed by atoms with Crippen LogP contribution in [0.1, 0.15) is 27.0 Å². The molecular weight excluding hydrogens is 344 g/mol. The molecule has 28 heavy (non-hydrogen) atoms. The Morgan fingerprint density at radius 3 is 2.39 bits per heavy atom. The van der Waals surface area contributed by atoms with E-state index in [0.29, 0.717) is 5.56 Å². The molecule has 0 spiro atoms. The van der Waals surface area contributed by atoms with Crippen molar-refractivity contribution in [3.63, 3.8) is 0 Å². The Balaban J connectivity index is 1.81. The van der Waals surface area contributed by atoms with Crippen molar-refractivity contribution >= 4 is 22.5 Å². The van der Waals surface area contributed by atoms with Gasteiger partial charge in [-0.15, -0.1) is 0 Å². The van der Waals surface area contributed by atoms with E-state index in [-0.39, 0.29) is 5.91 Å². The molecule has 3 aromatic carbocycles. The van der Waals surface area contributed by atoms with Crippen molar-refractivity contribution in [2.75, 3.05) is 5.32 Å². The number of rotatable bonds is 3. The number of nitrogens with one attached hydrogen (secondary N) is 1.